The van der Waals surface area contributed by atoms with Crippen molar-refractivity contribution >= 4 is 52.5 Å². The predicted octanol–water partition coefficient (Wildman–Crippen LogP) is 2.29. The molecule has 3 aliphatic rings. The molecule has 3 unspecified atom stereocenters. The molecule has 1 aromatic rings. The second-order valence-electron chi connectivity index (χ2n) is 15.8. The van der Waals surface area contributed by atoms with E-state index < -0.39 is 34.7 Å². The number of aryl methyl sites for hydroxylation is 1. The predicted molar refractivity (Wildman–Crippen MR) is 260 cm³/mol. The topological polar surface area (TPSA) is 351 Å². The number of benzene rings is 1. The van der Waals surface area contributed by atoms with E-state index in [1.54, 1.807) is 12.1 Å². The van der Waals surface area contributed by atoms with Gasteiger partial charge in [-0.3, -0.25) is 23.4 Å². The van der Waals surface area contributed by atoms with Crippen LogP contribution in [-0.4, -0.2) is 225 Å². The Labute approximate surface area is 447 Å². The van der Waals surface area contributed by atoms with Gasteiger partial charge in [0.1, 0.15) is 52.9 Å². The highest BCUT2D eigenvalue weighted by Crippen LogP contribution is 2.16. The molecule has 442 valence electrons. The van der Waals surface area contributed by atoms with E-state index in [9.17, 15) is 42.0 Å². The Kier molecular flexibility index (Phi) is 40.2. The molecule has 0 amide bonds. The van der Waals surface area contributed by atoms with E-state index >= 15 is 0 Å². The molecule has 0 aliphatic carbocycles. The van der Waals surface area contributed by atoms with Gasteiger partial charge in [0, 0.05) is 25.7 Å². The van der Waals surface area contributed by atoms with Crippen LogP contribution in [0.5, 0.6) is 0 Å². The Hall–Kier alpha value is -5.50. The molecule has 3 heterocycles. The molecule has 3 atom stereocenters. The number of cyclic esters (lactones) is 6. The SMILES string of the molecule is C.Cc1ccc(S(=O)(=O)OCC2COC(=O)O2)cc1.O=C(CCCCC(=O)OCCOCCO)OCCOCCO.O=C(CCCCC(=O)OCCOCCOCC1COC(=O)O1)OCCOCCOCC1COC(=O)O1. The average molecular weight is 1130 g/mol. The van der Waals surface area contributed by atoms with Crippen molar-refractivity contribution in [3.8, 4) is 0 Å². The third-order valence-corrected chi connectivity index (χ3v) is 10.8. The molecule has 28 nitrogen and oxygen atoms in total. The van der Waals surface area contributed by atoms with Gasteiger partial charge >= 0.3 is 42.3 Å². The summed E-state index contributed by atoms with van der Waals surface area (Å²) in [6.07, 6.45) is -0.647. The zero-order valence-electron chi connectivity index (χ0n) is 42.7. The minimum atomic E-state index is -3.83. The smallest absolute Gasteiger partial charge is 0.463 e. The van der Waals surface area contributed by atoms with Crippen LogP contribution in [0.3, 0.4) is 0 Å². The highest BCUT2D eigenvalue weighted by Gasteiger charge is 2.28. The first kappa shape index (κ1) is 69.5. The maximum Gasteiger partial charge on any atom is 0.508 e. The summed E-state index contributed by atoms with van der Waals surface area (Å²) < 4.78 is 107. The lowest BCUT2D eigenvalue weighted by molar-refractivity contribution is -0.147. The molecule has 1 aromatic carbocycles. The number of rotatable bonds is 40. The zero-order valence-corrected chi connectivity index (χ0v) is 43.5. The third kappa shape index (κ3) is 37.8. The van der Waals surface area contributed by atoms with Crippen molar-refractivity contribution in [1.29, 1.82) is 0 Å². The molecular formula is C48H76O28S. The first-order valence-corrected chi connectivity index (χ1v) is 25.9. The second kappa shape index (κ2) is 44.5. The maximum absolute atomic E-state index is 11.8. The fraction of sp³-hybridized carbons (Fsp3) is 0.729. The quantitative estimate of drug-likeness (QED) is 0.0412. The average Bonchev–Trinajstić information content (AvgIpc) is 4.15. The van der Waals surface area contributed by atoms with Gasteiger partial charge in [-0.15, -0.1) is 0 Å². The van der Waals surface area contributed by atoms with Crippen LogP contribution in [0, 0.1) is 6.92 Å². The van der Waals surface area contributed by atoms with Gasteiger partial charge in [-0.2, -0.15) is 8.42 Å². The lowest BCUT2D eigenvalue weighted by Crippen LogP contribution is -2.21. The minimum absolute atomic E-state index is 0. The Bertz CT molecular complexity index is 1810. The van der Waals surface area contributed by atoms with Crippen molar-refractivity contribution in [2.24, 2.45) is 0 Å². The van der Waals surface area contributed by atoms with Crippen LogP contribution in [0.1, 0.15) is 64.4 Å². The lowest BCUT2D eigenvalue weighted by Gasteiger charge is -2.09. The molecule has 77 heavy (non-hydrogen) atoms. The van der Waals surface area contributed by atoms with Crippen LogP contribution in [-0.2, 0) is 109 Å². The van der Waals surface area contributed by atoms with E-state index in [-0.39, 0.29) is 193 Å². The second-order valence-corrected chi connectivity index (χ2v) is 17.4. The molecule has 3 aliphatic heterocycles. The number of esters is 4. The van der Waals surface area contributed by atoms with E-state index in [1.165, 1.54) is 12.1 Å². The van der Waals surface area contributed by atoms with Gasteiger partial charge in [-0.1, -0.05) is 25.1 Å². The number of hydrogen-bond donors (Lipinski definition) is 2. The summed E-state index contributed by atoms with van der Waals surface area (Å²) in [5.41, 5.74) is 0.951. The van der Waals surface area contributed by atoms with Crippen molar-refractivity contribution in [3.63, 3.8) is 0 Å². The van der Waals surface area contributed by atoms with Gasteiger partial charge in [0.25, 0.3) is 10.1 Å². The molecular weight excluding hydrogens is 1060 g/mol. The van der Waals surface area contributed by atoms with Crippen LogP contribution >= 0.6 is 0 Å². The zero-order chi connectivity index (χ0) is 55.5. The van der Waals surface area contributed by atoms with Crippen molar-refractivity contribution in [3.05, 3.63) is 29.8 Å². The Morgan fingerprint density at radius 2 is 0.766 bits per heavy atom. The summed E-state index contributed by atoms with van der Waals surface area (Å²) >= 11 is 0. The Morgan fingerprint density at radius 1 is 0.468 bits per heavy atom. The van der Waals surface area contributed by atoms with Crippen molar-refractivity contribution < 1.29 is 132 Å². The summed E-state index contributed by atoms with van der Waals surface area (Å²) in [4.78, 5) is 78.2. The lowest BCUT2D eigenvalue weighted by atomic mass is 10.2. The summed E-state index contributed by atoms with van der Waals surface area (Å²) in [5, 5.41) is 16.9. The fourth-order valence-corrected chi connectivity index (χ4v) is 6.64. The van der Waals surface area contributed by atoms with Crippen molar-refractivity contribution in [2.45, 2.75) is 88.9 Å². The molecule has 0 spiro atoms. The molecule has 2 N–H and O–H groups in total. The van der Waals surface area contributed by atoms with E-state index in [1.807, 2.05) is 6.92 Å². The van der Waals surface area contributed by atoms with E-state index in [0.717, 1.165) is 5.56 Å². The molecule has 3 saturated heterocycles. The number of ether oxygens (including phenoxy) is 16. The van der Waals surface area contributed by atoms with E-state index in [4.69, 9.17) is 71.2 Å². The monoisotopic (exact) mass is 1130 g/mol. The van der Waals surface area contributed by atoms with Crippen LogP contribution < -0.4 is 0 Å². The number of aliphatic hydroxyl groups is 2. The summed E-state index contributed by atoms with van der Waals surface area (Å²) in [6.45, 7) is 5.62. The summed E-state index contributed by atoms with van der Waals surface area (Å²) in [5.74, 6) is -1.39. The number of unbranched alkanes of at least 4 members (excludes halogenated alkanes) is 2. The largest absolute Gasteiger partial charge is 0.508 e. The molecule has 0 aromatic heterocycles. The molecule has 3 fully saturated rings. The Morgan fingerprint density at radius 3 is 1.08 bits per heavy atom. The maximum atomic E-state index is 11.8. The highest BCUT2D eigenvalue weighted by molar-refractivity contribution is 7.86. The fourth-order valence-electron chi connectivity index (χ4n) is 5.71. The molecule has 0 radical (unpaired) electrons. The summed E-state index contributed by atoms with van der Waals surface area (Å²) in [7, 11) is -3.83. The highest BCUT2D eigenvalue weighted by atomic mass is 32.2. The van der Waals surface area contributed by atoms with Crippen LogP contribution in [0.2, 0.25) is 0 Å². The van der Waals surface area contributed by atoms with Gasteiger partial charge in [0.2, 0.25) is 0 Å². The number of carbonyl (C=O) groups is 7. The molecule has 0 bridgehead atoms. The van der Waals surface area contributed by atoms with Crippen LogP contribution in [0.25, 0.3) is 0 Å². The first-order valence-electron chi connectivity index (χ1n) is 24.5. The third-order valence-electron chi connectivity index (χ3n) is 9.48. The van der Waals surface area contributed by atoms with Crippen molar-refractivity contribution in [2.75, 3.05) is 145 Å². The van der Waals surface area contributed by atoms with E-state index in [0.29, 0.717) is 52.1 Å². The normalized spacial score (nSPS) is 16.3. The van der Waals surface area contributed by atoms with Gasteiger partial charge in [-0.05, 0) is 44.7 Å². The van der Waals surface area contributed by atoms with Gasteiger partial charge < -0.3 is 86.0 Å². The van der Waals surface area contributed by atoms with Gasteiger partial charge in [0.05, 0.1) is 97.4 Å². The molecule has 4 rings (SSSR count). The van der Waals surface area contributed by atoms with Gasteiger partial charge in [0.15, 0.2) is 18.3 Å². The van der Waals surface area contributed by atoms with Crippen molar-refractivity contribution in [1.82, 2.24) is 0 Å². The number of hydrogen-bond acceptors (Lipinski definition) is 28. The van der Waals surface area contributed by atoms with E-state index in [2.05, 4.69) is 18.9 Å². The molecule has 29 heteroatoms. The number of aliphatic hydroxyl groups excluding tert-OH is 2. The number of carbonyl (C=O) groups excluding carboxylic acids is 7. The summed E-state index contributed by atoms with van der Waals surface area (Å²) in [6, 6.07) is 6.27. The standard InChI is InChI=1S/C22H34O14.C14H26O8.C11H12O6S.CH4/c23-19(31-11-9-27-5-7-29-13-17-15-33-21(25)35-17)3-1-2-4-20(24)32-12-10-28-6-8-30-14-18-16-34-22(26)36-18;15-5-7-19-9-11-21-13(17)3-1-2-4-14(18)22-12-10-20-8-6-16;1-8-2-4-10(5-3-8)18(13,14)16-7-9-6-15-11(12)17-9;/h17-18H,1-16H2;15-16H,1-12H2;2-5,9H,6-7H2,1H3;1H4. The van der Waals surface area contributed by atoms with Crippen LogP contribution in [0.4, 0.5) is 14.4 Å². The first-order chi connectivity index (χ1) is 36.7. The molecule has 0 saturated carbocycles. The van der Waals surface area contributed by atoms with Gasteiger partial charge in [-0.25, -0.2) is 14.4 Å². The van der Waals surface area contributed by atoms with Crippen LogP contribution in [0.15, 0.2) is 29.2 Å². The minimum Gasteiger partial charge on any atom is -0.463 e. The Balaban J connectivity index is 0.000000618.